The van der Waals surface area contributed by atoms with Gasteiger partial charge in [0.05, 0.1) is 17.2 Å². The Kier molecular flexibility index (Phi) is 2.74. The number of aliphatic hydroxyl groups is 1. The summed E-state index contributed by atoms with van der Waals surface area (Å²) in [5, 5.41) is 21.7. The number of aliphatic hydroxyl groups excluding tert-OH is 1. The Morgan fingerprint density at radius 1 is 1.18 bits per heavy atom. The van der Waals surface area contributed by atoms with Crippen LogP contribution in [0.5, 0.6) is 0 Å². The molecule has 0 aliphatic carbocycles. The Balaban J connectivity index is 1.72. The monoisotopic (exact) mass is 303 g/mol. The van der Waals surface area contributed by atoms with Crippen LogP contribution in [0, 0.1) is 20.9 Å². The normalized spacial score (nSPS) is 46.0. The van der Waals surface area contributed by atoms with Gasteiger partial charge in [-0.25, -0.2) is 0 Å². The van der Waals surface area contributed by atoms with E-state index in [-0.39, 0.29) is 33.7 Å². The summed E-state index contributed by atoms with van der Waals surface area (Å²) in [7, 11) is 0. The van der Waals surface area contributed by atoms with E-state index in [2.05, 4.69) is 23.6 Å². The van der Waals surface area contributed by atoms with Gasteiger partial charge in [-0.15, -0.1) is 0 Å². The number of benzene rings is 1. The van der Waals surface area contributed by atoms with E-state index in [1.165, 1.54) is 6.07 Å². The zero-order valence-corrected chi connectivity index (χ0v) is 12.9. The molecule has 0 saturated carbocycles. The number of hydrogen-bond donors (Lipinski definition) is 1. The molecule has 0 spiro atoms. The second kappa shape index (κ2) is 4.28. The lowest BCUT2D eigenvalue weighted by atomic mass is 9.60. The van der Waals surface area contributed by atoms with Crippen LogP contribution in [0.3, 0.4) is 0 Å². The molecule has 0 aromatic heterocycles. The molecule has 1 aromatic rings. The zero-order valence-electron chi connectivity index (χ0n) is 12.9. The minimum absolute atomic E-state index is 0.0912. The van der Waals surface area contributed by atoms with Crippen LogP contribution in [0.4, 0.5) is 5.69 Å². The maximum atomic E-state index is 11.0. The lowest BCUT2D eigenvalue weighted by Crippen LogP contribution is -2.76. The van der Waals surface area contributed by atoms with Crippen LogP contribution in [-0.4, -0.2) is 52.1 Å². The smallest absolute Gasteiger partial charge is 0.269 e. The van der Waals surface area contributed by atoms with Gasteiger partial charge in [-0.3, -0.25) is 19.9 Å². The molecule has 6 heteroatoms. The minimum Gasteiger partial charge on any atom is -0.392 e. The molecule has 0 atom stereocenters. The quantitative estimate of drug-likeness (QED) is 0.664. The number of nitrogens with zero attached hydrogens (tertiary/aromatic N) is 3. The topological polar surface area (TPSA) is 69.9 Å². The maximum Gasteiger partial charge on any atom is 0.269 e. The Morgan fingerprint density at radius 2 is 1.73 bits per heavy atom. The van der Waals surface area contributed by atoms with Gasteiger partial charge >= 0.3 is 0 Å². The third kappa shape index (κ3) is 1.77. The molecule has 4 saturated heterocycles. The molecule has 0 amide bonds. The van der Waals surface area contributed by atoms with E-state index in [1.54, 1.807) is 12.1 Å². The predicted molar refractivity (Wildman–Crippen MR) is 81.2 cm³/mol. The lowest BCUT2D eigenvalue weighted by Gasteiger charge is -2.68. The minimum atomic E-state index is -0.337. The van der Waals surface area contributed by atoms with Crippen LogP contribution in [0.2, 0.25) is 0 Å². The predicted octanol–water partition coefficient (Wildman–Crippen LogP) is 1.61. The average Bonchev–Trinajstić information content (AvgIpc) is 2.43. The van der Waals surface area contributed by atoms with E-state index >= 15 is 0 Å². The summed E-state index contributed by atoms with van der Waals surface area (Å²) in [6.45, 7) is 7.66. The summed E-state index contributed by atoms with van der Waals surface area (Å²) in [5.41, 5.74) is 0.908. The highest BCUT2D eigenvalue weighted by Crippen LogP contribution is 2.54. The van der Waals surface area contributed by atoms with Gasteiger partial charge in [-0.2, -0.15) is 0 Å². The van der Waals surface area contributed by atoms with Gasteiger partial charge in [-0.1, -0.05) is 26.0 Å². The molecular formula is C16H21N3O3. The van der Waals surface area contributed by atoms with Crippen molar-refractivity contribution in [1.82, 2.24) is 9.80 Å². The molecule has 22 heavy (non-hydrogen) atoms. The first-order valence-electron chi connectivity index (χ1n) is 7.73. The Morgan fingerprint density at radius 3 is 2.23 bits per heavy atom. The molecule has 0 radical (unpaired) electrons. The molecule has 1 aromatic carbocycles. The molecule has 4 aliphatic heterocycles. The summed E-state index contributed by atoms with van der Waals surface area (Å²) < 4.78 is 0. The molecule has 4 aliphatic rings. The average molecular weight is 303 g/mol. The molecule has 118 valence electrons. The van der Waals surface area contributed by atoms with Crippen molar-refractivity contribution in [3.05, 3.63) is 39.9 Å². The Hall–Kier alpha value is -1.50. The largest absolute Gasteiger partial charge is 0.392 e. The molecule has 4 fully saturated rings. The van der Waals surface area contributed by atoms with Crippen molar-refractivity contribution in [2.45, 2.75) is 26.1 Å². The van der Waals surface area contributed by atoms with Crippen molar-refractivity contribution < 1.29 is 10.0 Å². The van der Waals surface area contributed by atoms with Gasteiger partial charge in [0, 0.05) is 49.1 Å². The van der Waals surface area contributed by atoms with E-state index in [0.717, 1.165) is 31.7 Å². The number of nitro benzene ring substituents is 1. The molecular weight excluding hydrogens is 282 g/mol. The van der Waals surface area contributed by atoms with Gasteiger partial charge in [0.2, 0.25) is 0 Å². The number of non-ortho nitro benzene ring substituents is 1. The first kappa shape index (κ1) is 14.1. The zero-order chi connectivity index (χ0) is 15.7. The van der Waals surface area contributed by atoms with Crippen molar-refractivity contribution in [3.8, 4) is 0 Å². The van der Waals surface area contributed by atoms with Crippen molar-refractivity contribution >= 4 is 5.69 Å². The lowest BCUT2D eigenvalue weighted by molar-refractivity contribution is -0.385. The van der Waals surface area contributed by atoms with Crippen LogP contribution < -0.4 is 0 Å². The van der Waals surface area contributed by atoms with E-state index in [1.807, 2.05) is 6.07 Å². The fraction of sp³-hybridized carbons (Fsp3) is 0.625. The molecule has 4 heterocycles. The van der Waals surface area contributed by atoms with E-state index < -0.39 is 0 Å². The summed E-state index contributed by atoms with van der Waals surface area (Å²) in [6.07, 6.45) is -0.188. The summed E-state index contributed by atoms with van der Waals surface area (Å²) in [4.78, 5) is 15.4. The van der Waals surface area contributed by atoms with Crippen LogP contribution >= 0.6 is 0 Å². The summed E-state index contributed by atoms with van der Waals surface area (Å²) >= 11 is 0. The highest BCUT2D eigenvalue weighted by atomic mass is 16.6. The fourth-order valence-corrected chi connectivity index (χ4v) is 5.05. The number of nitro groups is 1. The van der Waals surface area contributed by atoms with Gasteiger partial charge in [0.25, 0.3) is 5.69 Å². The van der Waals surface area contributed by atoms with Gasteiger partial charge < -0.3 is 5.11 Å². The van der Waals surface area contributed by atoms with Crippen LogP contribution in [0.25, 0.3) is 0 Å². The first-order valence-corrected chi connectivity index (χ1v) is 7.73. The van der Waals surface area contributed by atoms with Crippen molar-refractivity contribution in [1.29, 1.82) is 0 Å². The van der Waals surface area contributed by atoms with Crippen molar-refractivity contribution in [2.24, 2.45) is 10.8 Å². The van der Waals surface area contributed by atoms with Crippen LogP contribution in [-0.2, 0) is 0 Å². The third-order valence-electron chi connectivity index (χ3n) is 5.65. The standard InChI is InChI=1S/C16H21N3O3/c1-15-7-17-9-16(2,14(15)20)10-18(8-15)13(17)11-4-3-5-12(6-11)19(21)22/h3-6,13-14,20H,7-10H2,1-2H3. The van der Waals surface area contributed by atoms with Gasteiger partial charge in [0.1, 0.15) is 0 Å². The molecule has 4 bridgehead atoms. The first-order chi connectivity index (χ1) is 10.3. The molecule has 5 rings (SSSR count). The second-order valence-corrected chi connectivity index (χ2v) is 7.75. The summed E-state index contributed by atoms with van der Waals surface area (Å²) in [6, 6.07) is 6.96. The molecule has 1 N–H and O–H groups in total. The Bertz CT molecular complexity index is 609. The number of rotatable bonds is 2. The van der Waals surface area contributed by atoms with E-state index in [0.29, 0.717) is 0 Å². The highest BCUT2D eigenvalue weighted by molar-refractivity contribution is 5.36. The Labute approximate surface area is 129 Å². The molecule has 6 nitrogen and oxygen atoms in total. The highest BCUT2D eigenvalue weighted by Gasteiger charge is 2.61. The SMILES string of the molecule is CC12CN3CC(C)(CN(C1)C3c1cccc([N+](=O)[O-])c1)C2O. The maximum absolute atomic E-state index is 11.0. The fourth-order valence-electron chi connectivity index (χ4n) is 5.05. The van der Waals surface area contributed by atoms with Gasteiger partial charge in [-0.05, 0) is 5.56 Å². The van der Waals surface area contributed by atoms with Gasteiger partial charge in [0.15, 0.2) is 0 Å². The van der Waals surface area contributed by atoms with Crippen molar-refractivity contribution in [3.63, 3.8) is 0 Å². The van der Waals surface area contributed by atoms with Crippen LogP contribution in [0.1, 0.15) is 25.6 Å². The van der Waals surface area contributed by atoms with Crippen molar-refractivity contribution in [2.75, 3.05) is 26.2 Å². The second-order valence-electron chi connectivity index (χ2n) is 7.75. The van der Waals surface area contributed by atoms with Crippen LogP contribution in [0.15, 0.2) is 24.3 Å². The third-order valence-corrected chi connectivity index (χ3v) is 5.65. The molecule has 0 unspecified atom stereocenters. The summed E-state index contributed by atoms with van der Waals surface area (Å²) in [5.74, 6) is 0. The number of piperidine rings is 2. The van der Waals surface area contributed by atoms with E-state index in [4.69, 9.17) is 0 Å². The number of hydrogen-bond acceptors (Lipinski definition) is 5. The van der Waals surface area contributed by atoms with E-state index in [9.17, 15) is 15.2 Å².